The fourth-order valence-electron chi connectivity index (χ4n) is 2.60. The first-order valence-corrected chi connectivity index (χ1v) is 6.17. The van der Waals surface area contributed by atoms with E-state index < -0.39 is 11.9 Å². The summed E-state index contributed by atoms with van der Waals surface area (Å²) < 4.78 is 1.66. The van der Waals surface area contributed by atoms with Gasteiger partial charge >= 0.3 is 11.7 Å². The Kier molecular flexibility index (Phi) is 3.00. The van der Waals surface area contributed by atoms with Crippen LogP contribution in [0, 0.1) is 19.8 Å². The van der Waals surface area contributed by atoms with Gasteiger partial charge in [0.1, 0.15) is 0 Å². The Balaban J connectivity index is 2.60. The van der Waals surface area contributed by atoms with Gasteiger partial charge < -0.3 is 5.11 Å². The maximum atomic E-state index is 11.9. The lowest BCUT2D eigenvalue weighted by atomic mass is 9.98. The molecule has 1 aliphatic rings. The molecule has 1 aromatic heterocycles. The lowest BCUT2D eigenvalue weighted by Crippen LogP contribution is -2.29. The van der Waals surface area contributed by atoms with Gasteiger partial charge in [0.25, 0.3) is 0 Å². The van der Waals surface area contributed by atoms with Crippen LogP contribution in [-0.4, -0.2) is 20.6 Å². The number of carboxylic acid groups (broad SMARTS) is 1. The number of carbonyl (C=O) groups is 1. The van der Waals surface area contributed by atoms with Gasteiger partial charge in [-0.2, -0.15) is 4.98 Å². The number of hydrogen-bond donors (Lipinski definition) is 1. The molecule has 18 heavy (non-hydrogen) atoms. The second-order valence-electron chi connectivity index (χ2n) is 5.19. The van der Waals surface area contributed by atoms with Crippen molar-refractivity contribution in [3.05, 3.63) is 27.4 Å². The quantitative estimate of drug-likeness (QED) is 0.885. The number of aryl methyl sites for hydroxylation is 1. The third-order valence-electron chi connectivity index (χ3n) is 3.81. The molecule has 0 amide bonds. The van der Waals surface area contributed by atoms with Gasteiger partial charge in [0.15, 0.2) is 0 Å². The van der Waals surface area contributed by atoms with Gasteiger partial charge in [-0.15, -0.1) is 0 Å². The Hall–Kier alpha value is -1.65. The maximum Gasteiger partial charge on any atom is 0.348 e. The second-order valence-corrected chi connectivity index (χ2v) is 5.19. The molecular weight excluding hydrogens is 232 g/mol. The molecule has 3 unspecified atom stereocenters. The van der Waals surface area contributed by atoms with Crippen LogP contribution in [0.5, 0.6) is 0 Å². The molecule has 1 N–H and O–H groups in total. The van der Waals surface area contributed by atoms with E-state index in [0.29, 0.717) is 17.2 Å². The first kappa shape index (κ1) is 12.8. The first-order valence-electron chi connectivity index (χ1n) is 6.17. The minimum absolute atomic E-state index is 0.186. The van der Waals surface area contributed by atoms with E-state index in [4.69, 9.17) is 5.11 Å². The highest BCUT2D eigenvalue weighted by Gasteiger charge is 2.37. The zero-order chi connectivity index (χ0) is 13.6. The van der Waals surface area contributed by atoms with Crippen LogP contribution in [0.2, 0.25) is 0 Å². The number of aliphatic carboxylic acids is 1. The highest BCUT2D eigenvalue weighted by molar-refractivity contribution is 5.76. The Morgan fingerprint density at radius 1 is 1.50 bits per heavy atom. The summed E-state index contributed by atoms with van der Waals surface area (Å²) in [5, 5.41) is 9.14. The molecule has 1 saturated carbocycles. The molecule has 1 aliphatic carbocycles. The number of nitrogens with zero attached hydrogens (tertiary/aromatic N) is 2. The van der Waals surface area contributed by atoms with E-state index in [2.05, 4.69) is 11.9 Å². The van der Waals surface area contributed by atoms with Crippen LogP contribution < -0.4 is 5.69 Å². The van der Waals surface area contributed by atoms with E-state index in [9.17, 15) is 9.59 Å². The summed E-state index contributed by atoms with van der Waals surface area (Å²) >= 11 is 0. The molecule has 1 aromatic rings. The molecule has 1 fully saturated rings. The average molecular weight is 250 g/mol. The van der Waals surface area contributed by atoms with Crippen LogP contribution in [0.25, 0.3) is 0 Å². The number of carboxylic acids is 1. The number of hydrogen-bond acceptors (Lipinski definition) is 3. The molecule has 0 aliphatic heterocycles. The van der Waals surface area contributed by atoms with Crippen molar-refractivity contribution in [3.8, 4) is 0 Å². The number of aromatic nitrogens is 2. The molecule has 0 aromatic carbocycles. The molecule has 1 heterocycles. The minimum atomic E-state index is -0.892. The highest BCUT2D eigenvalue weighted by Crippen LogP contribution is 2.42. The van der Waals surface area contributed by atoms with Crippen LogP contribution in [0.3, 0.4) is 0 Å². The molecule has 0 saturated heterocycles. The van der Waals surface area contributed by atoms with Crippen molar-refractivity contribution in [1.29, 1.82) is 0 Å². The molecule has 0 bridgehead atoms. The largest absolute Gasteiger partial charge is 0.481 e. The average Bonchev–Trinajstić information content (AvgIpc) is 2.94. The van der Waals surface area contributed by atoms with E-state index in [1.165, 1.54) is 0 Å². The molecule has 0 spiro atoms. The van der Waals surface area contributed by atoms with Crippen molar-refractivity contribution in [1.82, 2.24) is 9.55 Å². The number of rotatable bonds is 3. The van der Waals surface area contributed by atoms with Gasteiger partial charge in [-0.1, -0.05) is 6.92 Å². The van der Waals surface area contributed by atoms with E-state index in [1.54, 1.807) is 18.4 Å². The van der Waals surface area contributed by atoms with E-state index in [0.717, 1.165) is 12.1 Å². The summed E-state index contributed by atoms with van der Waals surface area (Å²) in [5.74, 6) is -1.06. The fourth-order valence-corrected chi connectivity index (χ4v) is 2.60. The molecule has 98 valence electrons. The lowest BCUT2D eigenvalue weighted by Gasteiger charge is -2.17. The summed E-state index contributed by atoms with van der Waals surface area (Å²) in [4.78, 5) is 27.0. The van der Waals surface area contributed by atoms with Gasteiger partial charge in [-0.05, 0) is 33.1 Å². The highest BCUT2D eigenvalue weighted by atomic mass is 16.4. The van der Waals surface area contributed by atoms with E-state index >= 15 is 0 Å². The van der Waals surface area contributed by atoms with Crippen molar-refractivity contribution in [2.24, 2.45) is 5.92 Å². The van der Waals surface area contributed by atoms with Crippen LogP contribution in [0.15, 0.2) is 4.79 Å². The molecule has 5 heteroatoms. The van der Waals surface area contributed by atoms with Gasteiger partial charge in [-0.25, -0.2) is 4.79 Å². The van der Waals surface area contributed by atoms with Gasteiger partial charge in [0, 0.05) is 23.0 Å². The van der Waals surface area contributed by atoms with Gasteiger partial charge in [0.05, 0.1) is 5.92 Å². The van der Waals surface area contributed by atoms with Gasteiger partial charge in [0.2, 0.25) is 0 Å². The summed E-state index contributed by atoms with van der Waals surface area (Å²) in [7, 11) is 0. The Bertz CT molecular complexity index is 562. The van der Waals surface area contributed by atoms with Crippen molar-refractivity contribution in [3.63, 3.8) is 0 Å². The SMILES string of the molecule is Cc1nc(=O)n(C2CC2C)c(C)c1C(C)C(=O)O. The summed E-state index contributed by atoms with van der Waals surface area (Å²) in [6, 6.07) is 0.186. The summed E-state index contributed by atoms with van der Waals surface area (Å²) in [5.41, 5.74) is 1.68. The third kappa shape index (κ3) is 1.94. The second kappa shape index (κ2) is 4.23. The van der Waals surface area contributed by atoms with Crippen LogP contribution in [-0.2, 0) is 4.79 Å². The van der Waals surface area contributed by atoms with Gasteiger partial charge in [-0.3, -0.25) is 9.36 Å². The Morgan fingerprint density at radius 3 is 2.50 bits per heavy atom. The van der Waals surface area contributed by atoms with Crippen LogP contribution in [0.1, 0.15) is 49.2 Å². The minimum Gasteiger partial charge on any atom is -0.481 e. The van der Waals surface area contributed by atoms with E-state index in [-0.39, 0.29) is 11.7 Å². The smallest absolute Gasteiger partial charge is 0.348 e. The van der Waals surface area contributed by atoms with E-state index in [1.807, 2.05) is 6.92 Å². The Labute approximate surface area is 105 Å². The van der Waals surface area contributed by atoms with Crippen molar-refractivity contribution < 1.29 is 9.90 Å². The predicted molar refractivity (Wildman–Crippen MR) is 66.8 cm³/mol. The maximum absolute atomic E-state index is 11.9. The van der Waals surface area contributed by atoms with Crippen molar-refractivity contribution in [2.45, 2.75) is 46.1 Å². The predicted octanol–water partition coefficient (Wildman–Crippen LogP) is 1.63. The third-order valence-corrected chi connectivity index (χ3v) is 3.81. The summed E-state index contributed by atoms with van der Waals surface area (Å²) in [6.45, 7) is 7.22. The van der Waals surface area contributed by atoms with Crippen molar-refractivity contribution >= 4 is 5.97 Å². The zero-order valence-electron chi connectivity index (χ0n) is 11.1. The topological polar surface area (TPSA) is 72.2 Å². The zero-order valence-corrected chi connectivity index (χ0v) is 11.1. The normalized spacial score (nSPS) is 23.8. The molecule has 3 atom stereocenters. The van der Waals surface area contributed by atoms with Crippen molar-refractivity contribution in [2.75, 3.05) is 0 Å². The fraction of sp³-hybridized carbons (Fsp3) is 0.615. The van der Waals surface area contributed by atoms with Crippen LogP contribution >= 0.6 is 0 Å². The standard InChI is InChI=1S/C13H18N2O3/c1-6-5-10(6)15-9(4)11(7(2)12(16)17)8(3)14-13(15)18/h6-7,10H,5H2,1-4H3,(H,16,17). The first-order chi connectivity index (χ1) is 8.34. The summed E-state index contributed by atoms with van der Waals surface area (Å²) in [6.07, 6.45) is 0.965. The molecular formula is C13H18N2O3. The molecule has 0 radical (unpaired) electrons. The molecule has 2 rings (SSSR count). The van der Waals surface area contributed by atoms with Crippen LogP contribution in [0.4, 0.5) is 0 Å². The Morgan fingerprint density at radius 2 is 2.06 bits per heavy atom. The monoisotopic (exact) mass is 250 g/mol. The molecule has 5 nitrogen and oxygen atoms in total. The lowest BCUT2D eigenvalue weighted by molar-refractivity contribution is -0.138.